The molecule has 128 valence electrons. The summed E-state index contributed by atoms with van der Waals surface area (Å²) in [5.74, 6) is 0.697. The van der Waals surface area contributed by atoms with Crippen LogP contribution >= 0.6 is 0 Å². The van der Waals surface area contributed by atoms with Crippen LogP contribution in [0.2, 0.25) is 0 Å². The van der Waals surface area contributed by atoms with Gasteiger partial charge in [-0.2, -0.15) is 18.3 Å². The lowest BCUT2D eigenvalue weighted by molar-refractivity contribution is -0.141. The molecule has 2 aromatic heterocycles. The van der Waals surface area contributed by atoms with Crippen LogP contribution in [0.15, 0.2) is 29.2 Å². The number of H-pyrrole nitrogens is 1. The maximum Gasteiger partial charge on any atom is 0.433 e. The van der Waals surface area contributed by atoms with Crippen molar-refractivity contribution in [1.82, 2.24) is 20.2 Å². The highest BCUT2D eigenvalue weighted by Crippen LogP contribution is 2.28. The minimum atomic E-state index is -4.49. The predicted molar refractivity (Wildman–Crippen MR) is 80.9 cm³/mol. The third kappa shape index (κ3) is 3.63. The van der Waals surface area contributed by atoms with Crippen LogP contribution in [0.1, 0.15) is 12.1 Å². The molecular weight excluding hydrogens is 325 g/mol. The van der Waals surface area contributed by atoms with E-state index in [1.54, 1.807) is 11.0 Å². The fourth-order valence-electron chi connectivity index (χ4n) is 2.52. The van der Waals surface area contributed by atoms with Gasteiger partial charge in [-0.3, -0.25) is 4.79 Å². The quantitative estimate of drug-likeness (QED) is 0.888. The van der Waals surface area contributed by atoms with Gasteiger partial charge in [0.1, 0.15) is 11.5 Å². The molecule has 1 aliphatic heterocycles. The van der Waals surface area contributed by atoms with Crippen molar-refractivity contribution in [1.29, 1.82) is 0 Å². The Bertz CT molecular complexity index is 742. The van der Waals surface area contributed by atoms with E-state index in [1.165, 1.54) is 6.07 Å². The van der Waals surface area contributed by atoms with Gasteiger partial charge in [0.15, 0.2) is 0 Å². The Morgan fingerprint density at radius 3 is 2.50 bits per heavy atom. The van der Waals surface area contributed by atoms with Crippen molar-refractivity contribution in [2.45, 2.75) is 12.6 Å². The minimum absolute atomic E-state index is 0.0705. The van der Waals surface area contributed by atoms with Crippen molar-refractivity contribution in [3.8, 4) is 0 Å². The Labute approximate surface area is 135 Å². The summed E-state index contributed by atoms with van der Waals surface area (Å²) in [5.41, 5.74) is -1.23. The first-order valence-corrected chi connectivity index (χ1v) is 7.39. The Balaban J connectivity index is 1.74. The first-order valence-electron chi connectivity index (χ1n) is 7.39. The summed E-state index contributed by atoms with van der Waals surface area (Å²) in [4.78, 5) is 22.3. The SMILES string of the molecule is O=c1ccc(N2CCCN(c3nccc(C(F)(F)F)n3)CC2)n[nH]1. The van der Waals surface area contributed by atoms with Crippen LogP contribution in [0.25, 0.3) is 0 Å². The van der Waals surface area contributed by atoms with Crippen LogP contribution in [0.4, 0.5) is 24.9 Å². The van der Waals surface area contributed by atoms with E-state index in [0.29, 0.717) is 38.4 Å². The third-order valence-corrected chi connectivity index (χ3v) is 3.70. The summed E-state index contributed by atoms with van der Waals surface area (Å²) >= 11 is 0. The molecule has 0 bridgehead atoms. The van der Waals surface area contributed by atoms with Gasteiger partial charge in [0, 0.05) is 38.4 Å². The molecule has 0 unspecified atom stereocenters. The smallest absolute Gasteiger partial charge is 0.353 e. The lowest BCUT2D eigenvalue weighted by Gasteiger charge is -2.22. The van der Waals surface area contributed by atoms with Crippen molar-refractivity contribution in [3.63, 3.8) is 0 Å². The summed E-state index contributed by atoms with van der Waals surface area (Å²) < 4.78 is 38.3. The normalized spacial score (nSPS) is 16.1. The summed E-state index contributed by atoms with van der Waals surface area (Å²) in [6.45, 7) is 2.22. The Morgan fingerprint density at radius 2 is 1.79 bits per heavy atom. The van der Waals surface area contributed by atoms with E-state index < -0.39 is 11.9 Å². The fraction of sp³-hybridized carbons (Fsp3) is 0.429. The van der Waals surface area contributed by atoms with Crippen LogP contribution in [-0.2, 0) is 6.18 Å². The second-order valence-corrected chi connectivity index (χ2v) is 5.35. The van der Waals surface area contributed by atoms with E-state index in [-0.39, 0.29) is 11.5 Å². The van der Waals surface area contributed by atoms with E-state index in [0.717, 1.165) is 12.3 Å². The molecule has 1 fully saturated rings. The number of halogens is 3. The largest absolute Gasteiger partial charge is 0.433 e. The zero-order valence-electron chi connectivity index (χ0n) is 12.6. The molecule has 3 rings (SSSR count). The number of anilines is 2. The minimum Gasteiger partial charge on any atom is -0.353 e. The van der Waals surface area contributed by atoms with Gasteiger partial charge in [-0.15, -0.1) is 0 Å². The number of aromatic nitrogens is 4. The summed E-state index contributed by atoms with van der Waals surface area (Å²) in [6, 6.07) is 3.87. The van der Waals surface area contributed by atoms with Crippen LogP contribution in [0.3, 0.4) is 0 Å². The molecule has 24 heavy (non-hydrogen) atoms. The van der Waals surface area contributed by atoms with E-state index in [2.05, 4.69) is 20.2 Å². The Hall–Kier alpha value is -2.65. The second kappa shape index (κ2) is 6.46. The predicted octanol–water partition coefficient (Wildman–Crippen LogP) is 1.30. The number of aromatic amines is 1. The number of nitrogens with one attached hydrogen (secondary N) is 1. The first kappa shape index (κ1) is 16.2. The molecule has 7 nitrogen and oxygen atoms in total. The van der Waals surface area contributed by atoms with E-state index in [9.17, 15) is 18.0 Å². The molecule has 1 saturated heterocycles. The molecule has 0 amide bonds. The molecule has 3 heterocycles. The molecule has 0 aliphatic carbocycles. The fourth-order valence-corrected chi connectivity index (χ4v) is 2.52. The van der Waals surface area contributed by atoms with Crippen molar-refractivity contribution in [2.24, 2.45) is 0 Å². The van der Waals surface area contributed by atoms with Crippen LogP contribution in [0, 0.1) is 0 Å². The molecule has 0 spiro atoms. The molecule has 0 atom stereocenters. The highest BCUT2D eigenvalue weighted by atomic mass is 19.4. The topological polar surface area (TPSA) is 78.0 Å². The van der Waals surface area contributed by atoms with Gasteiger partial charge in [-0.25, -0.2) is 15.1 Å². The van der Waals surface area contributed by atoms with E-state index in [1.807, 2.05) is 4.90 Å². The maximum absolute atomic E-state index is 12.8. The molecule has 1 aliphatic rings. The number of rotatable bonds is 2. The lowest BCUT2D eigenvalue weighted by atomic mass is 10.3. The third-order valence-electron chi connectivity index (χ3n) is 3.70. The summed E-state index contributed by atoms with van der Waals surface area (Å²) in [6.07, 6.45) is -2.66. The lowest BCUT2D eigenvalue weighted by Crippen LogP contribution is -2.32. The highest BCUT2D eigenvalue weighted by Gasteiger charge is 2.33. The standard InChI is InChI=1S/C14H15F3N6O/c15-14(16,17)10-4-5-18-13(19-10)23-7-1-6-22(8-9-23)11-2-3-12(24)21-20-11/h2-5H,1,6-9H2,(H,21,24). The number of hydrogen-bond acceptors (Lipinski definition) is 6. The van der Waals surface area contributed by atoms with Crippen molar-refractivity contribution in [2.75, 3.05) is 36.0 Å². The Kier molecular flexibility index (Phi) is 4.36. The molecule has 0 aromatic carbocycles. The Morgan fingerprint density at radius 1 is 1.04 bits per heavy atom. The average molecular weight is 340 g/mol. The van der Waals surface area contributed by atoms with Crippen LogP contribution in [-0.4, -0.2) is 46.3 Å². The molecule has 0 saturated carbocycles. The molecule has 1 N–H and O–H groups in total. The molecule has 10 heteroatoms. The monoisotopic (exact) mass is 340 g/mol. The maximum atomic E-state index is 12.8. The molecule has 2 aromatic rings. The van der Waals surface area contributed by atoms with Crippen molar-refractivity contribution >= 4 is 11.8 Å². The first-order chi connectivity index (χ1) is 11.4. The summed E-state index contributed by atoms with van der Waals surface area (Å²) in [7, 11) is 0. The van der Waals surface area contributed by atoms with E-state index in [4.69, 9.17) is 0 Å². The van der Waals surface area contributed by atoms with Gasteiger partial charge in [-0.1, -0.05) is 0 Å². The second-order valence-electron chi connectivity index (χ2n) is 5.35. The number of hydrogen-bond donors (Lipinski definition) is 1. The molecule has 0 radical (unpaired) electrons. The van der Waals surface area contributed by atoms with Crippen LogP contribution in [0.5, 0.6) is 0 Å². The van der Waals surface area contributed by atoms with Gasteiger partial charge in [0.25, 0.3) is 5.56 Å². The van der Waals surface area contributed by atoms with Crippen LogP contribution < -0.4 is 15.4 Å². The zero-order valence-corrected chi connectivity index (χ0v) is 12.6. The van der Waals surface area contributed by atoms with Crippen molar-refractivity contribution in [3.05, 3.63) is 40.4 Å². The van der Waals surface area contributed by atoms with Gasteiger partial charge >= 0.3 is 6.18 Å². The van der Waals surface area contributed by atoms with Gasteiger partial charge < -0.3 is 9.80 Å². The highest BCUT2D eigenvalue weighted by molar-refractivity contribution is 5.39. The van der Waals surface area contributed by atoms with Gasteiger partial charge in [0.05, 0.1) is 0 Å². The number of alkyl halides is 3. The average Bonchev–Trinajstić information content (AvgIpc) is 2.81. The van der Waals surface area contributed by atoms with Gasteiger partial charge in [-0.05, 0) is 18.6 Å². The zero-order chi connectivity index (χ0) is 17.2. The van der Waals surface area contributed by atoms with E-state index >= 15 is 0 Å². The number of nitrogens with zero attached hydrogens (tertiary/aromatic N) is 5. The molecular formula is C14H15F3N6O. The van der Waals surface area contributed by atoms with Crippen molar-refractivity contribution < 1.29 is 13.2 Å². The van der Waals surface area contributed by atoms with Gasteiger partial charge in [0.2, 0.25) is 5.95 Å². The summed E-state index contributed by atoms with van der Waals surface area (Å²) in [5, 5.41) is 6.35.